The molecule has 12 heteroatoms. The highest BCUT2D eigenvalue weighted by molar-refractivity contribution is 7.91. The average molecular weight is 510 g/mol. The Bertz CT molecular complexity index is 1520. The number of nitrogens with one attached hydrogen (secondary N) is 2. The summed E-state index contributed by atoms with van der Waals surface area (Å²) >= 11 is 0. The highest BCUT2D eigenvalue weighted by Crippen LogP contribution is 2.34. The van der Waals surface area contributed by atoms with Gasteiger partial charge >= 0.3 is 6.03 Å². The minimum atomic E-state index is -3.35. The molecule has 0 saturated carbocycles. The Hall–Kier alpha value is -4.32. The first-order chi connectivity index (χ1) is 17.2. The molecule has 2 aromatic carbocycles. The Morgan fingerprint density at radius 3 is 2.47 bits per heavy atom. The number of nitrogens with two attached hydrogens (primary N) is 1. The first-order valence-electron chi connectivity index (χ1n) is 11.1. The molecule has 4 rings (SSSR count). The normalized spacial score (nSPS) is 11.3. The maximum atomic E-state index is 15.6. The number of sulfone groups is 1. The van der Waals surface area contributed by atoms with Crippen molar-refractivity contribution in [1.29, 1.82) is 0 Å². The summed E-state index contributed by atoms with van der Waals surface area (Å²) in [6.45, 7) is 4.00. The lowest BCUT2D eigenvalue weighted by Gasteiger charge is -2.11. The van der Waals surface area contributed by atoms with Gasteiger partial charge in [-0.2, -0.15) is 5.10 Å². The van der Waals surface area contributed by atoms with Crippen LogP contribution in [0.1, 0.15) is 13.8 Å². The first kappa shape index (κ1) is 24.8. The monoisotopic (exact) mass is 509 g/mol. The summed E-state index contributed by atoms with van der Waals surface area (Å²) in [5, 5.41) is 9.57. The largest absolute Gasteiger partial charge is 0.368 e. The minimum Gasteiger partial charge on any atom is -0.368 e. The summed E-state index contributed by atoms with van der Waals surface area (Å²) in [7, 11) is -3.35. The molecular weight excluding hydrogens is 485 g/mol. The molecule has 186 valence electrons. The molecule has 0 aliphatic rings. The molecule has 36 heavy (non-hydrogen) atoms. The lowest BCUT2D eigenvalue weighted by Crippen LogP contribution is -2.20. The van der Waals surface area contributed by atoms with Gasteiger partial charge < -0.3 is 16.4 Å². The fourth-order valence-corrected chi connectivity index (χ4v) is 4.39. The number of nitrogen functional groups attached to an aromatic ring is 1. The van der Waals surface area contributed by atoms with E-state index in [9.17, 15) is 13.2 Å². The van der Waals surface area contributed by atoms with Crippen LogP contribution in [-0.4, -0.2) is 40.0 Å². The Kier molecular flexibility index (Phi) is 6.97. The lowest BCUT2D eigenvalue weighted by molar-refractivity contribution is 0.262. The molecule has 0 unspecified atom stereocenters. The smallest absolute Gasteiger partial charge is 0.323 e. The highest BCUT2D eigenvalue weighted by atomic mass is 32.2. The third-order valence-electron chi connectivity index (χ3n) is 5.39. The van der Waals surface area contributed by atoms with E-state index in [4.69, 9.17) is 5.73 Å². The van der Waals surface area contributed by atoms with Crippen molar-refractivity contribution in [2.45, 2.75) is 25.3 Å². The molecule has 0 spiro atoms. The second kappa shape index (κ2) is 10.1. The van der Waals surface area contributed by atoms with Crippen LogP contribution < -0.4 is 16.4 Å². The van der Waals surface area contributed by atoms with E-state index in [-0.39, 0.29) is 27.8 Å². The molecule has 0 aliphatic carbocycles. The van der Waals surface area contributed by atoms with Crippen molar-refractivity contribution in [3.8, 4) is 22.5 Å². The molecule has 2 amide bonds. The minimum absolute atomic E-state index is 0.0284. The van der Waals surface area contributed by atoms with Crippen LogP contribution in [0.2, 0.25) is 0 Å². The lowest BCUT2D eigenvalue weighted by atomic mass is 10.0. The van der Waals surface area contributed by atoms with Gasteiger partial charge in [-0.3, -0.25) is 4.68 Å². The maximum Gasteiger partial charge on any atom is 0.323 e. The van der Waals surface area contributed by atoms with Crippen molar-refractivity contribution in [2.24, 2.45) is 0 Å². The van der Waals surface area contributed by atoms with Crippen LogP contribution in [0.25, 0.3) is 22.5 Å². The molecule has 4 N–H and O–H groups in total. The third-order valence-corrected chi connectivity index (χ3v) is 7.14. The van der Waals surface area contributed by atoms with Crippen molar-refractivity contribution in [3.63, 3.8) is 0 Å². The number of urea groups is 1. The van der Waals surface area contributed by atoms with Crippen molar-refractivity contribution in [3.05, 3.63) is 66.7 Å². The molecule has 0 aliphatic heterocycles. The third kappa shape index (κ3) is 5.18. The van der Waals surface area contributed by atoms with Crippen LogP contribution in [0.4, 0.5) is 26.5 Å². The number of aromatic nitrogens is 4. The van der Waals surface area contributed by atoms with Gasteiger partial charge in [0.1, 0.15) is 5.69 Å². The van der Waals surface area contributed by atoms with Gasteiger partial charge in [0.15, 0.2) is 15.7 Å². The summed E-state index contributed by atoms with van der Waals surface area (Å²) in [6.07, 6.45) is 3.19. The molecule has 0 saturated heterocycles. The Labute approximate surface area is 207 Å². The number of hydrogen-bond donors (Lipinski definition) is 3. The zero-order valence-electron chi connectivity index (χ0n) is 19.6. The second-order valence-corrected chi connectivity index (χ2v) is 10.00. The number of carbonyl (C=O) groups is 1. The summed E-state index contributed by atoms with van der Waals surface area (Å²) in [5.74, 6) is -0.618. The van der Waals surface area contributed by atoms with Gasteiger partial charge in [0, 0.05) is 35.8 Å². The molecular formula is C24H24FN7O3S. The van der Waals surface area contributed by atoms with Crippen LogP contribution >= 0.6 is 0 Å². The summed E-state index contributed by atoms with van der Waals surface area (Å²) < 4.78 is 41.1. The molecule has 4 aromatic rings. The fourth-order valence-electron chi connectivity index (χ4n) is 3.51. The van der Waals surface area contributed by atoms with E-state index in [1.54, 1.807) is 36.0 Å². The average Bonchev–Trinajstić information content (AvgIpc) is 3.30. The standard InChI is InChI=1S/C24H24FN7O3S/c1-3-32-14-18(22(31-32)20-12-13-27-23(26)29-20)17-6-5-7-19(21(17)25)30-24(33)28-15-8-10-16(11-9-15)36(34,35)4-2/h5-14H,3-4H2,1-2H3,(H2,26,27,29)(H2,28,30,33). The summed E-state index contributed by atoms with van der Waals surface area (Å²) in [5.41, 5.74) is 7.58. The topological polar surface area (TPSA) is 145 Å². The van der Waals surface area contributed by atoms with E-state index < -0.39 is 21.7 Å². The molecule has 0 atom stereocenters. The van der Waals surface area contributed by atoms with Crippen LogP contribution in [0.15, 0.2) is 65.8 Å². The van der Waals surface area contributed by atoms with Crippen molar-refractivity contribution >= 4 is 33.2 Å². The maximum absolute atomic E-state index is 15.6. The summed E-state index contributed by atoms with van der Waals surface area (Å²) in [6, 6.07) is 11.3. The molecule has 0 bridgehead atoms. The van der Waals surface area contributed by atoms with Gasteiger partial charge in [-0.05, 0) is 43.3 Å². The molecule has 10 nitrogen and oxygen atoms in total. The molecule has 0 radical (unpaired) electrons. The number of benzene rings is 2. The van der Waals surface area contributed by atoms with E-state index in [0.29, 0.717) is 29.2 Å². The van der Waals surface area contributed by atoms with Gasteiger partial charge in [0.05, 0.1) is 22.0 Å². The fraction of sp³-hybridized carbons (Fsp3) is 0.167. The van der Waals surface area contributed by atoms with Gasteiger partial charge in [0.25, 0.3) is 0 Å². The predicted octanol–water partition coefficient (Wildman–Crippen LogP) is 4.19. The van der Waals surface area contributed by atoms with E-state index >= 15 is 4.39 Å². The number of rotatable bonds is 7. The number of carbonyl (C=O) groups excluding carboxylic acids is 1. The number of aryl methyl sites for hydroxylation is 1. The van der Waals surface area contributed by atoms with E-state index in [2.05, 4.69) is 25.7 Å². The number of nitrogens with zero attached hydrogens (tertiary/aromatic N) is 4. The SMILES string of the molecule is CCn1cc(-c2cccc(NC(=O)Nc3ccc(S(=O)(=O)CC)cc3)c2F)c(-c2ccnc(N)n2)n1. The van der Waals surface area contributed by atoms with Crippen molar-refractivity contribution < 1.29 is 17.6 Å². The van der Waals surface area contributed by atoms with Crippen LogP contribution in [0.3, 0.4) is 0 Å². The van der Waals surface area contributed by atoms with Crippen molar-refractivity contribution in [1.82, 2.24) is 19.7 Å². The van der Waals surface area contributed by atoms with Gasteiger partial charge in [0.2, 0.25) is 5.95 Å². The predicted molar refractivity (Wildman–Crippen MR) is 136 cm³/mol. The van der Waals surface area contributed by atoms with E-state index in [1.165, 1.54) is 36.5 Å². The highest BCUT2D eigenvalue weighted by Gasteiger charge is 2.20. The second-order valence-electron chi connectivity index (χ2n) is 7.72. The Balaban J connectivity index is 1.59. The number of amides is 2. The quantitative estimate of drug-likeness (QED) is 0.339. The van der Waals surface area contributed by atoms with Gasteiger partial charge in [-0.25, -0.2) is 27.6 Å². The van der Waals surface area contributed by atoms with Crippen molar-refractivity contribution in [2.75, 3.05) is 22.1 Å². The van der Waals surface area contributed by atoms with Gasteiger partial charge in [-0.1, -0.05) is 19.1 Å². The number of halogens is 1. The molecule has 2 aromatic heterocycles. The van der Waals surface area contributed by atoms with E-state index in [0.717, 1.165) is 0 Å². The first-order valence-corrected chi connectivity index (χ1v) is 12.7. The number of anilines is 3. The summed E-state index contributed by atoms with van der Waals surface area (Å²) in [4.78, 5) is 20.8. The Morgan fingerprint density at radius 2 is 1.81 bits per heavy atom. The zero-order chi connectivity index (χ0) is 25.9. The van der Waals surface area contributed by atoms with E-state index in [1.807, 2.05) is 6.92 Å². The molecule has 2 heterocycles. The number of hydrogen-bond acceptors (Lipinski definition) is 7. The van der Waals surface area contributed by atoms with Crippen LogP contribution in [-0.2, 0) is 16.4 Å². The Morgan fingerprint density at radius 1 is 1.06 bits per heavy atom. The van der Waals surface area contributed by atoms with Crippen LogP contribution in [0, 0.1) is 5.82 Å². The van der Waals surface area contributed by atoms with Crippen LogP contribution in [0.5, 0.6) is 0 Å². The zero-order valence-corrected chi connectivity index (χ0v) is 20.4. The molecule has 0 fully saturated rings. The van der Waals surface area contributed by atoms with Gasteiger partial charge in [-0.15, -0.1) is 0 Å².